The SMILES string of the molecule is Cn1nccc1S(=O)(=O)N1Cc2ccccc2C(C)(C)C1. The van der Waals surface area contributed by atoms with E-state index in [4.69, 9.17) is 0 Å². The van der Waals surface area contributed by atoms with Crippen LogP contribution in [0, 0.1) is 0 Å². The molecular formula is C15H19N3O2S. The Hall–Kier alpha value is -1.66. The molecule has 0 N–H and O–H groups in total. The van der Waals surface area contributed by atoms with Gasteiger partial charge in [-0.3, -0.25) is 4.68 Å². The standard InChI is InChI=1S/C15H19N3O2S/c1-15(2)11-18(10-12-6-4-5-7-13(12)15)21(19,20)14-8-9-16-17(14)3/h4-9H,10-11H2,1-3H3. The highest BCUT2D eigenvalue weighted by atomic mass is 32.2. The Morgan fingerprint density at radius 1 is 1.19 bits per heavy atom. The van der Waals surface area contributed by atoms with E-state index >= 15 is 0 Å². The fourth-order valence-electron chi connectivity index (χ4n) is 3.01. The fraction of sp³-hybridized carbons (Fsp3) is 0.400. The number of nitrogens with zero attached hydrogens (tertiary/aromatic N) is 3. The number of benzene rings is 1. The van der Waals surface area contributed by atoms with Crippen molar-refractivity contribution in [2.24, 2.45) is 7.05 Å². The maximum Gasteiger partial charge on any atom is 0.260 e. The average molecular weight is 305 g/mol. The van der Waals surface area contributed by atoms with E-state index in [0.29, 0.717) is 13.1 Å². The molecule has 2 aromatic rings. The molecule has 0 radical (unpaired) electrons. The van der Waals surface area contributed by atoms with Crippen molar-refractivity contribution in [2.45, 2.75) is 30.8 Å². The van der Waals surface area contributed by atoms with Crippen molar-refractivity contribution in [3.05, 3.63) is 47.7 Å². The molecule has 0 saturated carbocycles. The first kappa shape index (κ1) is 14.3. The zero-order chi connectivity index (χ0) is 15.3. The third-order valence-corrected chi connectivity index (χ3v) is 5.91. The number of aromatic nitrogens is 2. The largest absolute Gasteiger partial charge is 0.260 e. The molecule has 3 rings (SSSR count). The van der Waals surface area contributed by atoms with E-state index in [1.54, 1.807) is 17.4 Å². The minimum Gasteiger partial charge on any atom is -0.256 e. The molecule has 21 heavy (non-hydrogen) atoms. The van der Waals surface area contributed by atoms with Crippen LogP contribution in [-0.4, -0.2) is 29.0 Å². The highest BCUT2D eigenvalue weighted by Crippen LogP contribution is 2.35. The number of fused-ring (bicyclic) bond motifs is 1. The fourth-order valence-corrected chi connectivity index (χ4v) is 4.69. The van der Waals surface area contributed by atoms with E-state index in [0.717, 1.165) is 5.56 Å². The Morgan fingerprint density at radius 2 is 1.90 bits per heavy atom. The lowest BCUT2D eigenvalue weighted by Crippen LogP contribution is -2.45. The Kier molecular flexibility index (Phi) is 3.18. The predicted molar refractivity (Wildman–Crippen MR) is 80.3 cm³/mol. The predicted octanol–water partition coefficient (Wildman–Crippen LogP) is 1.90. The van der Waals surface area contributed by atoms with Gasteiger partial charge in [-0.15, -0.1) is 0 Å². The van der Waals surface area contributed by atoms with Crippen LogP contribution in [0.5, 0.6) is 0 Å². The van der Waals surface area contributed by atoms with Gasteiger partial charge in [0.15, 0.2) is 5.03 Å². The minimum atomic E-state index is -3.53. The van der Waals surface area contributed by atoms with Crippen molar-refractivity contribution < 1.29 is 8.42 Å². The molecule has 0 saturated heterocycles. The average Bonchev–Trinajstić information content (AvgIpc) is 2.85. The summed E-state index contributed by atoms with van der Waals surface area (Å²) in [6, 6.07) is 9.59. The van der Waals surface area contributed by atoms with Crippen LogP contribution in [0.3, 0.4) is 0 Å². The zero-order valence-corrected chi connectivity index (χ0v) is 13.3. The topological polar surface area (TPSA) is 55.2 Å². The second-order valence-corrected chi connectivity index (χ2v) is 7.99. The zero-order valence-electron chi connectivity index (χ0n) is 12.4. The second kappa shape index (κ2) is 4.68. The second-order valence-electron chi connectivity index (χ2n) is 6.11. The molecule has 1 aromatic carbocycles. The van der Waals surface area contributed by atoms with Crippen molar-refractivity contribution in [1.29, 1.82) is 0 Å². The van der Waals surface area contributed by atoms with Crippen LogP contribution in [-0.2, 0) is 29.0 Å². The van der Waals surface area contributed by atoms with Gasteiger partial charge in [-0.25, -0.2) is 8.42 Å². The van der Waals surface area contributed by atoms with Crippen molar-refractivity contribution >= 4 is 10.0 Å². The lowest BCUT2D eigenvalue weighted by atomic mass is 9.79. The van der Waals surface area contributed by atoms with Crippen LogP contribution in [0.4, 0.5) is 0 Å². The molecular weight excluding hydrogens is 286 g/mol. The van der Waals surface area contributed by atoms with Crippen molar-refractivity contribution in [2.75, 3.05) is 6.54 Å². The monoisotopic (exact) mass is 305 g/mol. The summed E-state index contributed by atoms with van der Waals surface area (Å²) >= 11 is 0. The molecule has 1 aliphatic heterocycles. The Bertz CT molecular complexity index is 778. The summed E-state index contributed by atoms with van der Waals surface area (Å²) in [5.41, 5.74) is 2.08. The molecule has 112 valence electrons. The lowest BCUT2D eigenvalue weighted by Gasteiger charge is -2.39. The molecule has 0 atom stereocenters. The van der Waals surface area contributed by atoms with Crippen molar-refractivity contribution in [1.82, 2.24) is 14.1 Å². The molecule has 0 fully saturated rings. The normalized spacial score (nSPS) is 18.4. The first-order chi connectivity index (χ1) is 9.82. The van der Waals surface area contributed by atoms with Gasteiger partial charge in [-0.05, 0) is 17.2 Å². The van der Waals surface area contributed by atoms with Gasteiger partial charge in [0, 0.05) is 25.6 Å². The van der Waals surface area contributed by atoms with Gasteiger partial charge >= 0.3 is 0 Å². The van der Waals surface area contributed by atoms with Crippen LogP contribution in [0.2, 0.25) is 0 Å². The first-order valence-electron chi connectivity index (χ1n) is 6.89. The Morgan fingerprint density at radius 3 is 2.57 bits per heavy atom. The highest BCUT2D eigenvalue weighted by molar-refractivity contribution is 7.89. The molecule has 1 aromatic heterocycles. The van der Waals surface area contributed by atoms with Crippen LogP contribution < -0.4 is 0 Å². The Labute approximate surface area is 125 Å². The summed E-state index contributed by atoms with van der Waals surface area (Å²) in [5.74, 6) is 0. The molecule has 0 spiro atoms. The summed E-state index contributed by atoms with van der Waals surface area (Å²) in [6.07, 6.45) is 1.51. The van der Waals surface area contributed by atoms with E-state index < -0.39 is 10.0 Å². The van der Waals surface area contributed by atoms with E-state index in [1.165, 1.54) is 16.4 Å². The van der Waals surface area contributed by atoms with Gasteiger partial charge in [0.25, 0.3) is 10.0 Å². The summed E-state index contributed by atoms with van der Waals surface area (Å²) in [7, 11) is -1.88. The van der Waals surface area contributed by atoms with Gasteiger partial charge in [0.05, 0.1) is 6.20 Å². The first-order valence-corrected chi connectivity index (χ1v) is 8.33. The van der Waals surface area contributed by atoms with Gasteiger partial charge in [-0.1, -0.05) is 38.1 Å². The van der Waals surface area contributed by atoms with Crippen LogP contribution >= 0.6 is 0 Å². The number of aryl methyl sites for hydroxylation is 1. The molecule has 6 heteroatoms. The summed E-state index contributed by atoms with van der Waals surface area (Å²) < 4.78 is 28.6. The maximum atomic E-state index is 12.8. The number of rotatable bonds is 2. The summed E-state index contributed by atoms with van der Waals surface area (Å²) in [5, 5.41) is 4.20. The van der Waals surface area contributed by atoms with Gasteiger partial charge < -0.3 is 0 Å². The molecule has 1 aliphatic rings. The Balaban J connectivity index is 2.05. The third-order valence-electron chi connectivity index (χ3n) is 4.04. The molecule has 0 amide bonds. The van der Waals surface area contributed by atoms with Gasteiger partial charge in [0.2, 0.25) is 0 Å². The van der Waals surface area contributed by atoms with E-state index in [1.807, 2.05) is 18.2 Å². The minimum absolute atomic E-state index is 0.208. The summed E-state index contributed by atoms with van der Waals surface area (Å²) in [6.45, 7) is 5.04. The number of hydrogen-bond donors (Lipinski definition) is 0. The summed E-state index contributed by atoms with van der Waals surface area (Å²) in [4.78, 5) is 0. The molecule has 0 aliphatic carbocycles. The van der Waals surface area contributed by atoms with Crippen molar-refractivity contribution in [3.8, 4) is 0 Å². The van der Waals surface area contributed by atoms with Crippen LogP contribution in [0.15, 0.2) is 41.6 Å². The van der Waals surface area contributed by atoms with Gasteiger partial charge in [0.1, 0.15) is 0 Å². The van der Waals surface area contributed by atoms with E-state index in [9.17, 15) is 8.42 Å². The van der Waals surface area contributed by atoms with Gasteiger partial charge in [-0.2, -0.15) is 9.40 Å². The number of sulfonamides is 1. The molecule has 0 bridgehead atoms. The third kappa shape index (κ3) is 2.28. The smallest absolute Gasteiger partial charge is 0.256 e. The highest BCUT2D eigenvalue weighted by Gasteiger charge is 2.38. The van der Waals surface area contributed by atoms with Crippen LogP contribution in [0.25, 0.3) is 0 Å². The molecule has 2 heterocycles. The lowest BCUT2D eigenvalue weighted by molar-refractivity contribution is 0.298. The maximum absolute atomic E-state index is 12.8. The molecule has 0 unspecified atom stereocenters. The van der Waals surface area contributed by atoms with Crippen LogP contribution in [0.1, 0.15) is 25.0 Å². The number of hydrogen-bond acceptors (Lipinski definition) is 3. The molecule has 5 nitrogen and oxygen atoms in total. The van der Waals surface area contributed by atoms with Crippen molar-refractivity contribution in [3.63, 3.8) is 0 Å². The van der Waals surface area contributed by atoms with E-state index in [2.05, 4.69) is 25.0 Å². The quantitative estimate of drug-likeness (QED) is 0.851. The van der Waals surface area contributed by atoms with E-state index in [-0.39, 0.29) is 10.4 Å².